The molecule has 0 saturated carbocycles. The lowest BCUT2D eigenvalue weighted by atomic mass is 10.0. The van der Waals surface area contributed by atoms with Crippen molar-refractivity contribution >= 4 is 33.2 Å². The van der Waals surface area contributed by atoms with Crippen LogP contribution in [0.25, 0.3) is 0 Å². The van der Waals surface area contributed by atoms with Crippen molar-refractivity contribution in [2.45, 2.75) is 31.8 Å². The second kappa shape index (κ2) is 14.2. The number of carbonyl (C=O) groups excluding carboxylic acids is 2. The predicted molar refractivity (Wildman–Crippen MR) is 165 cm³/mol. The van der Waals surface area contributed by atoms with Crippen LogP contribution in [0.15, 0.2) is 72.8 Å². The van der Waals surface area contributed by atoms with Crippen LogP contribution in [0.4, 0.5) is 11.4 Å². The molecule has 0 spiro atoms. The minimum atomic E-state index is -3.44. The van der Waals surface area contributed by atoms with Crippen LogP contribution in [-0.2, 0) is 39.0 Å². The van der Waals surface area contributed by atoms with Crippen molar-refractivity contribution in [2.24, 2.45) is 5.73 Å². The Balaban J connectivity index is 1.44. The first-order valence-electron chi connectivity index (χ1n) is 14.0. The molecule has 1 aliphatic rings. The van der Waals surface area contributed by atoms with E-state index in [0.717, 1.165) is 28.6 Å². The van der Waals surface area contributed by atoms with E-state index in [4.69, 9.17) is 10.5 Å². The topological polar surface area (TPSA) is 134 Å². The zero-order valence-corrected chi connectivity index (χ0v) is 24.9. The van der Waals surface area contributed by atoms with Crippen molar-refractivity contribution in [1.82, 2.24) is 10.2 Å². The van der Waals surface area contributed by atoms with Crippen molar-refractivity contribution in [3.8, 4) is 5.75 Å². The Morgan fingerprint density at radius 2 is 1.57 bits per heavy atom. The zero-order chi connectivity index (χ0) is 30.1. The van der Waals surface area contributed by atoms with Crippen molar-refractivity contribution < 1.29 is 22.7 Å². The largest absolute Gasteiger partial charge is 0.497 e. The molecule has 1 atom stereocenters. The Morgan fingerprint density at radius 3 is 2.21 bits per heavy atom. The van der Waals surface area contributed by atoms with Gasteiger partial charge in [0.1, 0.15) is 11.8 Å². The molecule has 224 valence electrons. The molecule has 11 heteroatoms. The van der Waals surface area contributed by atoms with E-state index >= 15 is 0 Å². The first-order chi connectivity index (χ1) is 20.2. The number of anilines is 2. The first-order valence-corrected chi connectivity index (χ1v) is 15.9. The van der Waals surface area contributed by atoms with E-state index in [9.17, 15) is 18.0 Å². The highest BCUT2D eigenvalue weighted by Crippen LogP contribution is 2.27. The van der Waals surface area contributed by atoms with E-state index in [1.54, 1.807) is 24.1 Å². The molecule has 4 rings (SSSR count). The van der Waals surface area contributed by atoms with Crippen LogP contribution in [0.1, 0.15) is 23.1 Å². The maximum atomic E-state index is 13.8. The monoisotopic (exact) mass is 593 g/mol. The van der Waals surface area contributed by atoms with E-state index in [1.165, 1.54) is 0 Å². The summed E-state index contributed by atoms with van der Waals surface area (Å²) >= 11 is 0. The molecule has 1 saturated heterocycles. The number of carbonyl (C=O) groups is 2. The fourth-order valence-electron chi connectivity index (χ4n) is 5.14. The summed E-state index contributed by atoms with van der Waals surface area (Å²) in [5.41, 5.74) is 10.0. The molecule has 1 heterocycles. The van der Waals surface area contributed by atoms with Gasteiger partial charge in [0, 0.05) is 45.6 Å². The molecule has 0 bridgehead atoms. The molecule has 0 unspecified atom stereocenters. The summed E-state index contributed by atoms with van der Waals surface area (Å²) in [4.78, 5) is 30.7. The quantitative estimate of drug-likeness (QED) is 0.294. The molecule has 0 radical (unpaired) electrons. The molecule has 0 aliphatic carbocycles. The van der Waals surface area contributed by atoms with Gasteiger partial charge in [-0.1, -0.05) is 48.5 Å². The Bertz CT molecular complexity index is 1470. The van der Waals surface area contributed by atoms with E-state index in [0.29, 0.717) is 57.0 Å². The number of rotatable bonds is 12. The highest BCUT2D eigenvalue weighted by atomic mass is 32.2. The van der Waals surface area contributed by atoms with Gasteiger partial charge in [0.05, 0.1) is 24.7 Å². The average Bonchev–Trinajstić information content (AvgIpc) is 2.99. The van der Waals surface area contributed by atoms with Gasteiger partial charge in [-0.2, -0.15) is 0 Å². The van der Waals surface area contributed by atoms with Gasteiger partial charge in [0.15, 0.2) is 0 Å². The highest BCUT2D eigenvalue weighted by molar-refractivity contribution is 7.92. The van der Waals surface area contributed by atoms with Crippen molar-refractivity contribution in [1.29, 1.82) is 0 Å². The Kier molecular flexibility index (Phi) is 10.4. The van der Waals surface area contributed by atoms with Gasteiger partial charge in [-0.3, -0.25) is 14.3 Å². The van der Waals surface area contributed by atoms with Gasteiger partial charge in [0.2, 0.25) is 21.8 Å². The summed E-state index contributed by atoms with van der Waals surface area (Å²) in [5, 5.41) is 2.99. The number of para-hydroxylation sites is 2. The molecular formula is C31H39N5O5S. The fraction of sp³-hybridized carbons (Fsp3) is 0.355. The molecule has 1 aliphatic heterocycles. The predicted octanol–water partition coefficient (Wildman–Crippen LogP) is 2.53. The van der Waals surface area contributed by atoms with Gasteiger partial charge >= 0.3 is 0 Å². The fourth-order valence-corrected chi connectivity index (χ4v) is 5.71. The maximum absolute atomic E-state index is 13.8. The Morgan fingerprint density at radius 1 is 0.929 bits per heavy atom. The lowest BCUT2D eigenvalue weighted by molar-refractivity contribution is -0.136. The Hall–Kier alpha value is -4.09. The van der Waals surface area contributed by atoms with E-state index < -0.39 is 16.1 Å². The number of benzene rings is 3. The molecule has 10 nitrogen and oxygen atoms in total. The smallest absolute Gasteiger partial charge is 0.245 e. The number of hydrogen-bond acceptors (Lipinski definition) is 7. The number of ether oxygens (including phenoxy) is 1. The second-order valence-corrected chi connectivity index (χ2v) is 12.1. The van der Waals surface area contributed by atoms with Crippen molar-refractivity contribution in [3.63, 3.8) is 0 Å². The van der Waals surface area contributed by atoms with Crippen LogP contribution in [0, 0.1) is 0 Å². The van der Waals surface area contributed by atoms with Gasteiger partial charge in [0.25, 0.3) is 0 Å². The maximum Gasteiger partial charge on any atom is 0.245 e. The number of aryl methyl sites for hydroxylation is 1. The molecule has 4 N–H and O–H groups in total. The molecule has 2 amide bonds. The van der Waals surface area contributed by atoms with Crippen molar-refractivity contribution in [2.75, 3.05) is 49.2 Å². The highest BCUT2D eigenvalue weighted by Gasteiger charge is 2.29. The van der Waals surface area contributed by atoms with Crippen LogP contribution in [0.5, 0.6) is 5.75 Å². The second-order valence-electron chi connectivity index (χ2n) is 10.3. The summed E-state index contributed by atoms with van der Waals surface area (Å²) in [6.45, 7) is 2.31. The summed E-state index contributed by atoms with van der Waals surface area (Å²) in [5.74, 6) is 0.364. The number of nitrogens with two attached hydrogens (primary N) is 1. The first kappa shape index (κ1) is 30.9. The number of nitrogens with one attached hydrogen (secondary N) is 2. The van der Waals surface area contributed by atoms with Crippen LogP contribution in [0.3, 0.4) is 0 Å². The number of piperazine rings is 1. The number of nitrogens with zero attached hydrogens (tertiary/aromatic N) is 2. The standard InChI is InChI=1S/C31H39N5O5S/c1-41-26-14-11-23(12-15-26)21-28(33-30(37)16-13-24-7-3-4-8-25(24)22-32)31(38)36-19-17-35(18-20-36)29-10-6-5-9-27(29)34-42(2,39)40/h3-12,14-15,28,34H,13,16-22,32H2,1-2H3,(H,33,37)/t28-/m1/s1. The van der Waals surface area contributed by atoms with E-state index in [-0.39, 0.29) is 18.2 Å². The van der Waals surface area contributed by atoms with Gasteiger partial charge < -0.3 is 25.6 Å². The lowest BCUT2D eigenvalue weighted by Crippen LogP contribution is -2.55. The van der Waals surface area contributed by atoms with Gasteiger partial charge in [-0.25, -0.2) is 8.42 Å². The van der Waals surface area contributed by atoms with Crippen LogP contribution in [0.2, 0.25) is 0 Å². The molecule has 0 aromatic heterocycles. The molecular weight excluding hydrogens is 554 g/mol. The number of sulfonamides is 1. The lowest BCUT2D eigenvalue weighted by Gasteiger charge is -2.38. The Labute approximate surface area is 247 Å². The summed E-state index contributed by atoms with van der Waals surface area (Å²) < 4.78 is 31.5. The summed E-state index contributed by atoms with van der Waals surface area (Å²) in [7, 11) is -1.84. The number of methoxy groups -OCH3 is 1. The number of hydrogen-bond donors (Lipinski definition) is 3. The van der Waals surface area contributed by atoms with E-state index in [1.807, 2.05) is 60.7 Å². The zero-order valence-electron chi connectivity index (χ0n) is 24.1. The van der Waals surface area contributed by atoms with Crippen LogP contribution in [-0.4, -0.2) is 70.7 Å². The third kappa shape index (κ3) is 8.46. The molecule has 3 aromatic rings. The third-order valence-corrected chi connectivity index (χ3v) is 7.91. The number of amides is 2. The van der Waals surface area contributed by atoms with Crippen LogP contribution >= 0.6 is 0 Å². The summed E-state index contributed by atoms with van der Waals surface area (Å²) in [6.07, 6.45) is 2.23. The summed E-state index contributed by atoms with van der Waals surface area (Å²) in [6, 6.07) is 21.7. The molecule has 1 fully saturated rings. The molecule has 3 aromatic carbocycles. The minimum Gasteiger partial charge on any atom is -0.497 e. The SMILES string of the molecule is COc1ccc(C[C@@H](NC(=O)CCc2ccccc2CN)C(=O)N2CCN(c3ccccc3NS(C)(=O)=O)CC2)cc1. The third-order valence-electron chi connectivity index (χ3n) is 7.32. The van der Waals surface area contributed by atoms with Gasteiger partial charge in [-0.05, 0) is 47.4 Å². The van der Waals surface area contributed by atoms with Gasteiger partial charge in [-0.15, -0.1) is 0 Å². The van der Waals surface area contributed by atoms with Crippen molar-refractivity contribution in [3.05, 3.63) is 89.5 Å². The molecule has 42 heavy (non-hydrogen) atoms. The van der Waals surface area contributed by atoms with Crippen LogP contribution < -0.4 is 25.4 Å². The normalized spacial score (nSPS) is 14.3. The van der Waals surface area contributed by atoms with E-state index in [2.05, 4.69) is 14.9 Å². The minimum absolute atomic E-state index is 0.149. The average molecular weight is 594 g/mol.